The molecule has 0 saturated carbocycles. The molecule has 2 aliphatic rings. The molecule has 20 heavy (non-hydrogen) atoms. The van der Waals surface area contributed by atoms with Crippen molar-refractivity contribution in [3.63, 3.8) is 0 Å². The van der Waals surface area contributed by atoms with Crippen molar-refractivity contribution in [1.82, 2.24) is 14.9 Å². The van der Waals surface area contributed by atoms with Crippen LogP contribution in [0.3, 0.4) is 0 Å². The van der Waals surface area contributed by atoms with Crippen molar-refractivity contribution in [2.75, 3.05) is 25.9 Å². The first-order chi connectivity index (χ1) is 9.54. The molecule has 2 unspecified atom stereocenters. The molecule has 0 aromatic carbocycles. The van der Waals surface area contributed by atoms with Gasteiger partial charge in [0.25, 0.3) is 0 Å². The average Bonchev–Trinajstić information content (AvgIpc) is 2.73. The molecule has 1 aromatic heterocycles. The van der Waals surface area contributed by atoms with E-state index in [1.54, 1.807) is 11.8 Å². The third-order valence-corrected chi connectivity index (χ3v) is 6.00. The monoisotopic (exact) mass is 331 g/mol. The summed E-state index contributed by atoms with van der Waals surface area (Å²) in [7, 11) is 2.13. The van der Waals surface area contributed by atoms with Crippen LogP contribution in [0, 0.1) is 0 Å². The Morgan fingerprint density at radius 3 is 3.15 bits per heavy atom. The van der Waals surface area contributed by atoms with Gasteiger partial charge in [0.05, 0.1) is 5.75 Å². The normalized spacial score (nSPS) is 25.3. The highest BCUT2D eigenvalue weighted by Gasteiger charge is 2.40. The van der Waals surface area contributed by atoms with Crippen molar-refractivity contribution in [2.24, 2.45) is 0 Å². The molecule has 108 valence electrons. The summed E-state index contributed by atoms with van der Waals surface area (Å²) < 4.78 is 0. The Balaban J connectivity index is 1.85. The molecule has 0 aliphatic carbocycles. The maximum atomic E-state index is 10.6. The quantitative estimate of drug-likeness (QED) is 0.517. The second kappa shape index (κ2) is 5.71. The second-order valence-corrected chi connectivity index (χ2v) is 7.54. The number of aliphatic carboxylic acids is 1. The summed E-state index contributed by atoms with van der Waals surface area (Å²) in [5.41, 5.74) is 1.06. The van der Waals surface area contributed by atoms with E-state index in [2.05, 4.69) is 21.9 Å². The maximum absolute atomic E-state index is 10.6. The molecular weight excluding hydrogens is 318 g/mol. The van der Waals surface area contributed by atoms with E-state index in [0.29, 0.717) is 21.5 Å². The van der Waals surface area contributed by atoms with Gasteiger partial charge in [-0.15, -0.1) is 11.8 Å². The van der Waals surface area contributed by atoms with Gasteiger partial charge in [-0.25, -0.2) is 9.97 Å². The first kappa shape index (κ1) is 14.4. The van der Waals surface area contributed by atoms with Gasteiger partial charge >= 0.3 is 5.97 Å². The van der Waals surface area contributed by atoms with Crippen LogP contribution in [0.1, 0.15) is 17.9 Å². The molecule has 0 radical (unpaired) electrons. The molecule has 3 rings (SSSR count). The van der Waals surface area contributed by atoms with E-state index in [1.807, 2.05) is 0 Å². The lowest BCUT2D eigenvalue weighted by Gasteiger charge is -2.31. The minimum atomic E-state index is -0.877. The molecule has 1 N–H and O–H groups in total. The number of halogens is 1. The molecule has 1 fully saturated rings. The van der Waals surface area contributed by atoms with Crippen molar-refractivity contribution in [1.29, 1.82) is 0 Å². The minimum Gasteiger partial charge on any atom is -0.481 e. The van der Waals surface area contributed by atoms with Gasteiger partial charge in [0.15, 0.2) is 5.16 Å². The van der Waals surface area contributed by atoms with Crippen molar-refractivity contribution < 1.29 is 9.90 Å². The van der Waals surface area contributed by atoms with Gasteiger partial charge in [0.1, 0.15) is 10.2 Å². The highest BCUT2D eigenvalue weighted by atomic mass is 35.5. The Kier molecular flexibility index (Phi) is 4.12. The standard InChI is InChI=1S/C12H14ClN3O2S2/c1-16-3-2-6-7(4-16)20-11-9(6)10(13)14-12(15-11)19-5-8(17)18/h6-7H,2-5H2,1H3,(H,17,18). The number of rotatable bonds is 3. The first-order valence-electron chi connectivity index (χ1n) is 6.32. The summed E-state index contributed by atoms with van der Waals surface area (Å²) in [5, 5.41) is 11.1. The molecule has 0 bridgehead atoms. The van der Waals surface area contributed by atoms with Crippen molar-refractivity contribution in [3.05, 3.63) is 10.7 Å². The van der Waals surface area contributed by atoms with E-state index in [4.69, 9.17) is 16.7 Å². The predicted molar refractivity (Wildman–Crippen MR) is 79.9 cm³/mol. The van der Waals surface area contributed by atoms with E-state index < -0.39 is 5.97 Å². The van der Waals surface area contributed by atoms with Crippen molar-refractivity contribution >= 4 is 41.1 Å². The van der Waals surface area contributed by atoms with Gasteiger partial charge in [0.2, 0.25) is 0 Å². The Morgan fingerprint density at radius 2 is 2.40 bits per heavy atom. The molecule has 0 spiro atoms. The Bertz CT molecular complexity index is 558. The van der Waals surface area contributed by atoms with Gasteiger partial charge < -0.3 is 10.0 Å². The molecule has 2 atom stereocenters. The molecule has 2 aliphatic heterocycles. The van der Waals surface area contributed by atoms with E-state index in [1.165, 1.54) is 0 Å². The molecule has 1 saturated heterocycles. The summed E-state index contributed by atoms with van der Waals surface area (Å²) in [5.74, 6) is -0.495. The molecule has 8 heteroatoms. The fourth-order valence-electron chi connectivity index (χ4n) is 2.66. The van der Waals surface area contributed by atoms with Crippen LogP contribution in [0.25, 0.3) is 0 Å². The van der Waals surface area contributed by atoms with E-state index in [9.17, 15) is 4.79 Å². The van der Waals surface area contributed by atoms with Crippen LogP contribution < -0.4 is 0 Å². The van der Waals surface area contributed by atoms with Gasteiger partial charge in [0, 0.05) is 23.3 Å². The van der Waals surface area contributed by atoms with Gasteiger partial charge in [-0.1, -0.05) is 23.4 Å². The molecule has 5 nitrogen and oxygen atoms in total. The number of carbonyl (C=O) groups is 1. The largest absolute Gasteiger partial charge is 0.481 e. The van der Waals surface area contributed by atoms with E-state index in [0.717, 1.165) is 41.9 Å². The average molecular weight is 332 g/mol. The minimum absolute atomic E-state index is 0.0463. The third kappa shape index (κ3) is 2.77. The number of nitrogens with zero attached hydrogens (tertiary/aromatic N) is 3. The fourth-order valence-corrected chi connectivity index (χ4v) is 5.27. The van der Waals surface area contributed by atoms with Crippen LogP contribution in [0.15, 0.2) is 10.2 Å². The maximum Gasteiger partial charge on any atom is 0.313 e. The van der Waals surface area contributed by atoms with Crippen LogP contribution >= 0.6 is 35.1 Å². The zero-order chi connectivity index (χ0) is 14.3. The number of carboxylic acid groups (broad SMARTS) is 1. The van der Waals surface area contributed by atoms with Crippen LogP contribution in [-0.2, 0) is 4.79 Å². The third-order valence-electron chi connectivity index (χ3n) is 3.56. The number of aromatic nitrogens is 2. The highest BCUT2D eigenvalue weighted by molar-refractivity contribution is 8.00. The second-order valence-electron chi connectivity index (χ2n) is 5.01. The molecule has 3 heterocycles. The fraction of sp³-hybridized carbons (Fsp3) is 0.583. The summed E-state index contributed by atoms with van der Waals surface area (Å²) in [4.78, 5) is 21.7. The van der Waals surface area contributed by atoms with E-state index >= 15 is 0 Å². The molecule has 1 aromatic rings. The summed E-state index contributed by atoms with van der Waals surface area (Å²) in [6.45, 7) is 2.09. The summed E-state index contributed by atoms with van der Waals surface area (Å²) in [6, 6.07) is 0. The highest BCUT2D eigenvalue weighted by Crippen LogP contribution is 2.50. The van der Waals surface area contributed by atoms with Gasteiger partial charge in [-0.05, 0) is 20.0 Å². The Labute approximate surface area is 130 Å². The summed E-state index contributed by atoms with van der Waals surface area (Å²) in [6.07, 6.45) is 1.08. The Morgan fingerprint density at radius 1 is 1.60 bits per heavy atom. The number of fused-ring (bicyclic) bond motifs is 3. The van der Waals surface area contributed by atoms with Crippen molar-refractivity contribution in [3.8, 4) is 0 Å². The molecule has 0 amide bonds. The Hall–Kier alpha value is -0.500. The lowest BCUT2D eigenvalue weighted by atomic mass is 9.91. The van der Waals surface area contributed by atoms with Gasteiger partial charge in [-0.3, -0.25) is 4.79 Å². The zero-order valence-electron chi connectivity index (χ0n) is 10.9. The number of piperidine rings is 1. The summed E-state index contributed by atoms with van der Waals surface area (Å²) >= 11 is 9.17. The van der Waals surface area contributed by atoms with E-state index in [-0.39, 0.29) is 5.75 Å². The first-order valence-corrected chi connectivity index (χ1v) is 8.56. The molecular formula is C12H14ClN3O2S2. The smallest absolute Gasteiger partial charge is 0.313 e. The van der Waals surface area contributed by atoms with Crippen LogP contribution in [0.2, 0.25) is 5.15 Å². The van der Waals surface area contributed by atoms with Crippen LogP contribution in [0.4, 0.5) is 0 Å². The van der Waals surface area contributed by atoms with Crippen LogP contribution in [-0.4, -0.2) is 57.1 Å². The lowest BCUT2D eigenvalue weighted by molar-refractivity contribution is -0.133. The number of hydrogen-bond acceptors (Lipinski definition) is 6. The number of hydrogen-bond donors (Lipinski definition) is 1. The topological polar surface area (TPSA) is 66.3 Å². The van der Waals surface area contributed by atoms with Crippen LogP contribution in [0.5, 0.6) is 0 Å². The number of thioether (sulfide) groups is 2. The number of carboxylic acids is 1. The zero-order valence-corrected chi connectivity index (χ0v) is 13.3. The predicted octanol–water partition coefficient (Wildman–Crippen LogP) is 2.20. The van der Waals surface area contributed by atoms with Crippen molar-refractivity contribution in [2.45, 2.75) is 27.8 Å². The van der Waals surface area contributed by atoms with Gasteiger partial charge in [-0.2, -0.15) is 0 Å². The number of likely N-dealkylation sites (tertiary alicyclic amines) is 1. The lowest BCUT2D eigenvalue weighted by Crippen LogP contribution is -2.36. The SMILES string of the molecule is CN1CCC2c3c(Cl)nc(SCC(=O)O)nc3SC2C1.